The van der Waals surface area contributed by atoms with E-state index in [9.17, 15) is 0 Å². The number of hydrogen-bond acceptors (Lipinski definition) is 5. The van der Waals surface area contributed by atoms with Crippen molar-refractivity contribution < 1.29 is 4.42 Å². The highest BCUT2D eigenvalue weighted by molar-refractivity contribution is 7.98. The average Bonchev–Trinajstić information content (AvgIpc) is 3.18. The Morgan fingerprint density at radius 2 is 2.04 bits per heavy atom. The van der Waals surface area contributed by atoms with Crippen LogP contribution in [-0.4, -0.2) is 19.7 Å². The van der Waals surface area contributed by atoms with Crippen molar-refractivity contribution in [3.63, 3.8) is 0 Å². The minimum absolute atomic E-state index is 0.527. The molecular weight excluding hydrogens is 356 g/mol. The molecule has 1 aromatic carbocycles. The molecule has 0 saturated carbocycles. The van der Waals surface area contributed by atoms with E-state index >= 15 is 0 Å². The van der Waals surface area contributed by atoms with Gasteiger partial charge < -0.3 is 8.98 Å². The second-order valence-corrected chi connectivity index (χ2v) is 6.98. The van der Waals surface area contributed by atoms with Gasteiger partial charge in [0.1, 0.15) is 10.9 Å². The number of fused-ring (bicyclic) bond motifs is 1. The summed E-state index contributed by atoms with van der Waals surface area (Å²) < 4.78 is 7.32. The van der Waals surface area contributed by atoms with Crippen molar-refractivity contribution >= 4 is 34.3 Å². The second-order valence-electron chi connectivity index (χ2n) is 5.68. The van der Waals surface area contributed by atoms with Crippen LogP contribution in [-0.2, 0) is 12.8 Å². The lowest BCUT2D eigenvalue weighted by Crippen LogP contribution is -1.96. The molecule has 126 valence electrons. The van der Waals surface area contributed by atoms with Gasteiger partial charge in [-0.3, -0.25) is 0 Å². The van der Waals surface area contributed by atoms with E-state index in [-0.39, 0.29) is 0 Å². The number of aryl methyl sites for hydroxylation is 1. The summed E-state index contributed by atoms with van der Waals surface area (Å²) in [6, 6.07) is 11.9. The van der Waals surface area contributed by atoms with Crippen LogP contribution in [0.25, 0.3) is 22.3 Å². The van der Waals surface area contributed by atoms with Gasteiger partial charge in [-0.2, -0.15) is 0 Å². The number of rotatable bonds is 4. The minimum atomic E-state index is 0.527. The molecular formula is C18H15ClN4OS. The summed E-state index contributed by atoms with van der Waals surface area (Å²) in [5.74, 6) is 2.29. The molecule has 0 N–H and O–H groups in total. The predicted octanol–water partition coefficient (Wildman–Crippen LogP) is 4.88. The third kappa shape index (κ3) is 3.03. The van der Waals surface area contributed by atoms with Crippen LogP contribution >= 0.6 is 23.4 Å². The van der Waals surface area contributed by atoms with Gasteiger partial charge in [0.2, 0.25) is 0 Å². The highest BCUT2D eigenvalue weighted by Crippen LogP contribution is 2.30. The number of para-hydroxylation sites is 1. The molecule has 0 radical (unpaired) electrons. The van der Waals surface area contributed by atoms with Crippen LogP contribution in [0, 0.1) is 6.92 Å². The fourth-order valence-corrected chi connectivity index (χ4v) is 3.85. The molecule has 7 heteroatoms. The van der Waals surface area contributed by atoms with Gasteiger partial charge in [0.05, 0.1) is 17.3 Å². The molecule has 0 unspecified atom stereocenters. The van der Waals surface area contributed by atoms with Gasteiger partial charge in [-0.1, -0.05) is 41.6 Å². The van der Waals surface area contributed by atoms with Crippen LogP contribution in [0.5, 0.6) is 0 Å². The van der Waals surface area contributed by atoms with Gasteiger partial charge in [-0.05, 0) is 25.1 Å². The lowest BCUT2D eigenvalue weighted by atomic mass is 10.2. The summed E-state index contributed by atoms with van der Waals surface area (Å²) in [6.45, 7) is 1.91. The third-order valence-electron chi connectivity index (χ3n) is 4.04. The Hall–Kier alpha value is -2.31. The lowest BCUT2D eigenvalue weighted by molar-refractivity contribution is 0.534. The first-order chi connectivity index (χ1) is 12.1. The molecule has 3 aromatic heterocycles. The van der Waals surface area contributed by atoms with Crippen molar-refractivity contribution in [2.75, 3.05) is 0 Å². The van der Waals surface area contributed by atoms with Gasteiger partial charge in [0.15, 0.2) is 11.0 Å². The van der Waals surface area contributed by atoms with Crippen LogP contribution in [0.2, 0.25) is 5.15 Å². The summed E-state index contributed by atoms with van der Waals surface area (Å²) in [4.78, 5) is 4.46. The first-order valence-corrected chi connectivity index (χ1v) is 9.10. The monoisotopic (exact) mass is 370 g/mol. The zero-order valence-corrected chi connectivity index (χ0v) is 15.3. The SMILES string of the molecule is Cc1occc1-c1nnc(SCc2cc3ccccc3nc2Cl)n1C. The largest absolute Gasteiger partial charge is 0.469 e. The number of halogens is 1. The van der Waals surface area contributed by atoms with Crippen LogP contribution in [0.4, 0.5) is 0 Å². The van der Waals surface area contributed by atoms with Gasteiger partial charge in [-0.25, -0.2) is 4.98 Å². The standard InChI is InChI=1S/C18H15ClN4OS/c1-11-14(7-8-24-11)17-21-22-18(23(17)2)25-10-13-9-12-5-3-4-6-15(12)20-16(13)19/h3-9H,10H2,1-2H3. The Morgan fingerprint density at radius 3 is 2.84 bits per heavy atom. The Labute approximate surface area is 154 Å². The fraction of sp³-hybridized carbons (Fsp3) is 0.167. The van der Waals surface area contributed by atoms with Crippen LogP contribution in [0.3, 0.4) is 0 Å². The average molecular weight is 371 g/mol. The highest BCUT2D eigenvalue weighted by atomic mass is 35.5. The molecule has 4 rings (SSSR count). The Balaban J connectivity index is 1.59. The van der Waals surface area contributed by atoms with Crippen LogP contribution in [0.15, 0.2) is 52.2 Å². The highest BCUT2D eigenvalue weighted by Gasteiger charge is 2.15. The number of hydrogen-bond donors (Lipinski definition) is 0. The number of pyridine rings is 1. The zero-order chi connectivity index (χ0) is 17.4. The smallest absolute Gasteiger partial charge is 0.191 e. The van der Waals surface area contributed by atoms with Crippen molar-refractivity contribution in [3.8, 4) is 11.4 Å². The molecule has 0 atom stereocenters. The van der Waals surface area contributed by atoms with E-state index < -0.39 is 0 Å². The second kappa shape index (κ2) is 6.54. The molecule has 25 heavy (non-hydrogen) atoms. The maximum atomic E-state index is 6.34. The summed E-state index contributed by atoms with van der Waals surface area (Å²) in [7, 11) is 1.95. The maximum absolute atomic E-state index is 6.34. The Morgan fingerprint density at radius 1 is 1.20 bits per heavy atom. The van der Waals surface area contributed by atoms with Gasteiger partial charge >= 0.3 is 0 Å². The molecule has 3 heterocycles. The number of benzene rings is 1. The molecule has 0 aliphatic heterocycles. The number of aromatic nitrogens is 4. The van der Waals surface area contributed by atoms with Crippen LogP contribution in [0.1, 0.15) is 11.3 Å². The first kappa shape index (κ1) is 16.2. The molecule has 5 nitrogen and oxygen atoms in total. The van der Waals surface area contributed by atoms with Crippen molar-refractivity contribution in [1.82, 2.24) is 19.7 Å². The number of nitrogens with zero attached hydrogens (tertiary/aromatic N) is 4. The van der Waals surface area contributed by atoms with E-state index in [0.29, 0.717) is 10.9 Å². The van der Waals surface area contributed by atoms with E-state index in [1.807, 2.05) is 48.9 Å². The fourth-order valence-electron chi connectivity index (χ4n) is 2.67. The molecule has 4 aromatic rings. The van der Waals surface area contributed by atoms with Crippen molar-refractivity contribution in [2.45, 2.75) is 17.8 Å². The quantitative estimate of drug-likeness (QED) is 0.378. The van der Waals surface area contributed by atoms with Gasteiger partial charge in [-0.15, -0.1) is 10.2 Å². The third-order valence-corrected chi connectivity index (χ3v) is 5.44. The van der Waals surface area contributed by atoms with Crippen molar-refractivity contribution in [2.24, 2.45) is 7.05 Å². The maximum Gasteiger partial charge on any atom is 0.191 e. The molecule has 0 aliphatic carbocycles. The van der Waals surface area contributed by atoms with E-state index in [1.165, 1.54) is 0 Å². The zero-order valence-electron chi connectivity index (χ0n) is 13.7. The molecule has 0 saturated heterocycles. The molecule has 0 amide bonds. The molecule has 0 spiro atoms. The normalized spacial score (nSPS) is 11.3. The number of furan rings is 1. The summed E-state index contributed by atoms with van der Waals surface area (Å²) in [6.07, 6.45) is 1.66. The van der Waals surface area contributed by atoms with Crippen LogP contribution < -0.4 is 0 Å². The Bertz CT molecular complexity index is 1060. The van der Waals surface area contributed by atoms with E-state index in [1.54, 1.807) is 18.0 Å². The van der Waals surface area contributed by atoms with Gasteiger partial charge in [0.25, 0.3) is 0 Å². The molecule has 0 fully saturated rings. The van der Waals surface area contributed by atoms with Crippen molar-refractivity contribution in [3.05, 3.63) is 59.1 Å². The van der Waals surface area contributed by atoms with E-state index in [4.69, 9.17) is 16.0 Å². The summed E-state index contributed by atoms with van der Waals surface area (Å²) >= 11 is 7.92. The molecule has 0 aliphatic rings. The van der Waals surface area contributed by atoms with Crippen molar-refractivity contribution in [1.29, 1.82) is 0 Å². The minimum Gasteiger partial charge on any atom is -0.469 e. The van der Waals surface area contributed by atoms with Gasteiger partial charge in [0, 0.05) is 23.8 Å². The van der Waals surface area contributed by atoms with E-state index in [2.05, 4.69) is 21.2 Å². The predicted molar refractivity (Wildman–Crippen MR) is 99.8 cm³/mol. The number of thioether (sulfide) groups is 1. The molecule has 0 bridgehead atoms. The summed E-state index contributed by atoms with van der Waals surface area (Å²) in [5, 5.41) is 11.0. The topological polar surface area (TPSA) is 56.7 Å². The van der Waals surface area contributed by atoms with E-state index in [0.717, 1.165) is 38.8 Å². The Kier molecular flexibility index (Phi) is 4.23. The summed E-state index contributed by atoms with van der Waals surface area (Å²) in [5.41, 5.74) is 2.83. The lowest BCUT2D eigenvalue weighted by Gasteiger charge is -2.06. The first-order valence-electron chi connectivity index (χ1n) is 7.74.